The Kier molecular flexibility index (Phi) is 6.10. The van der Waals surface area contributed by atoms with Crippen molar-refractivity contribution in [2.75, 3.05) is 39.3 Å². The monoisotopic (exact) mass is 200 g/mol. The van der Waals surface area contributed by atoms with Crippen LogP contribution in [0.5, 0.6) is 0 Å². The SMILES string of the molecule is NCCN(CCN)CCNC1CCC1. The van der Waals surface area contributed by atoms with Crippen molar-refractivity contribution in [3.8, 4) is 0 Å². The summed E-state index contributed by atoms with van der Waals surface area (Å²) in [5, 5.41) is 3.54. The first kappa shape index (κ1) is 11.9. The number of nitrogens with one attached hydrogen (secondary N) is 1. The van der Waals surface area contributed by atoms with E-state index < -0.39 is 0 Å². The highest BCUT2D eigenvalue weighted by molar-refractivity contribution is 4.76. The van der Waals surface area contributed by atoms with Crippen LogP contribution in [0.4, 0.5) is 0 Å². The maximum atomic E-state index is 5.53. The number of nitrogens with zero attached hydrogens (tertiary/aromatic N) is 1. The van der Waals surface area contributed by atoms with Crippen LogP contribution >= 0.6 is 0 Å². The van der Waals surface area contributed by atoms with Crippen molar-refractivity contribution in [1.29, 1.82) is 0 Å². The van der Waals surface area contributed by atoms with Gasteiger partial charge in [-0.25, -0.2) is 0 Å². The number of hydrogen-bond acceptors (Lipinski definition) is 4. The summed E-state index contributed by atoms with van der Waals surface area (Å²) in [6.45, 7) is 5.52. The molecule has 5 N–H and O–H groups in total. The van der Waals surface area contributed by atoms with Crippen LogP contribution in [0.25, 0.3) is 0 Å². The third kappa shape index (κ3) is 4.37. The van der Waals surface area contributed by atoms with Crippen LogP contribution < -0.4 is 16.8 Å². The van der Waals surface area contributed by atoms with E-state index in [1.165, 1.54) is 19.3 Å². The topological polar surface area (TPSA) is 67.3 Å². The fourth-order valence-corrected chi connectivity index (χ4v) is 1.74. The molecular weight excluding hydrogens is 176 g/mol. The zero-order valence-corrected chi connectivity index (χ0v) is 9.04. The number of nitrogens with two attached hydrogens (primary N) is 2. The summed E-state index contributed by atoms with van der Waals surface area (Å²) in [5.41, 5.74) is 11.1. The summed E-state index contributed by atoms with van der Waals surface area (Å²) in [4.78, 5) is 2.33. The zero-order valence-electron chi connectivity index (χ0n) is 9.04. The molecule has 0 bridgehead atoms. The second-order valence-corrected chi connectivity index (χ2v) is 4.00. The summed E-state index contributed by atoms with van der Waals surface area (Å²) in [6, 6.07) is 0.785. The molecule has 1 fully saturated rings. The molecule has 0 radical (unpaired) electrons. The van der Waals surface area contributed by atoms with Crippen LogP contribution in [0.1, 0.15) is 19.3 Å². The van der Waals surface area contributed by atoms with E-state index in [1.54, 1.807) is 0 Å². The third-order valence-electron chi connectivity index (χ3n) is 2.86. The molecule has 14 heavy (non-hydrogen) atoms. The average molecular weight is 200 g/mol. The molecule has 84 valence electrons. The van der Waals surface area contributed by atoms with Gasteiger partial charge in [-0.3, -0.25) is 4.90 Å². The van der Waals surface area contributed by atoms with E-state index in [2.05, 4.69) is 10.2 Å². The highest BCUT2D eigenvalue weighted by Gasteiger charge is 2.16. The van der Waals surface area contributed by atoms with Crippen molar-refractivity contribution in [2.45, 2.75) is 25.3 Å². The molecule has 1 aliphatic carbocycles. The highest BCUT2D eigenvalue weighted by atomic mass is 15.1. The Morgan fingerprint density at radius 1 is 1.07 bits per heavy atom. The molecule has 4 nitrogen and oxygen atoms in total. The van der Waals surface area contributed by atoms with Gasteiger partial charge in [0.1, 0.15) is 0 Å². The molecule has 0 amide bonds. The standard InChI is InChI=1S/C10H24N4/c11-4-7-14(8-5-12)9-6-13-10-2-1-3-10/h10,13H,1-9,11-12H2. The van der Waals surface area contributed by atoms with Gasteiger partial charge in [0.05, 0.1) is 0 Å². The van der Waals surface area contributed by atoms with E-state index in [9.17, 15) is 0 Å². The molecule has 4 heteroatoms. The summed E-state index contributed by atoms with van der Waals surface area (Å²) in [6.07, 6.45) is 4.11. The van der Waals surface area contributed by atoms with Gasteiger partial charge < -0.3 is 16.8 Å². The summed E-state index contributed by atoms with van der Waals surface area (Å²) in [5.74, 6) is 0. The molecule has 0 heterocycles. The molecule has 1 aliphatic rings. The van der Waals surface area contributed by atoms with Gasteiger partial charge in [-0.15, -0.1) is 0 Å². The van der Waals surface area contributed by atoms with Gasteiger partial charge in [-0.2, -0.15) is 0 Å². The highest BCUT2D eigenvalue weighted by Crippen LogP contribution is 2.17. The van der Waals surface area contributed by atoms with Crippen molar-refractivity contribution >= 4 is 0 Å². The Morgan fingerprint density at radius 3 is 2.14 bits per heavy atom. The Labute approximate surface area is 87.0 Å². The minimum absolute atomic E-state index is 0.726. The van der Waals surface area contributed by atoms with Crippen molar-refractivity contribution in [3.63, 3.8) is 0 Å². The molecular formula is C10H24N4. The van der Waals surface area contributed by atoms with Crippen molar-refractivity contribution < 1.29 is 0 Å². The minimum atomic E-state index is 0.726. The predicted molar refractivity (Wildman–Crippen MR) is 60.2 cm³/mol. The van der Waals surface area contributed by atoms with Crippen LogP contribution in [-0.4, -0.2) is 50.2 Å². The Bertz CT molecular complexity index is 130. The molecule has 0 spiro atoms. The molecule has 0 aromatic rings. The Hall–Kier alpha value is -0.160. The van der Waals surface area contributed by atoms with Gasteiger partial charge in [0.2, 0.25) is 0 Å². The zero-order chi connectivity index (χ0) is 10.2. The van der Waals surface area contributed by atoms with Gasteiger partial charge in [0.15, 0.2) is 0 Å². The second-order valence-electron chi connectivity index (χ2n) is 4.00. The van der Waals surface area contributed by atoms with E-state index >= 15 is 0 Å². The largest absolute Gasteiger partial charge is 0.329 e. The van der Waals surface area contributed by atoms with Gasteiger partial charge in [0, 0.05) is 45.3 Å². The molecule has 1 rings (SSSR count). The first-order valence-electron chi connectivity index (χ1n) is 5.72. The third-order valence-corrected chi connectivity index (χ3v) is 2.86. The summed E-state index contributed by atoms with van der Waals surface area (Å²) >= 11 is 0. The Balaban J connectivity index is 1.99. The summed E-state index contributed by atoms with van der Waals surface area (Å²) < 4.78 is 0. The van der Waals surface area contributed by atoms with Crippen LogP contribution in [0.3, 0.4) is 0 Å². The van der Waals surface area contributed by atoms with E-state index in [4.69, 9.17) is 11.5 Å². The maximum Gasteiger partial charge on any atom is 0.0108 e. The van der Waals surface area contributed by atoms with Crippen LogP contribution in [-0.2, 0) is 0 Å². The summed E-state index contributed by atoms with van der Waals surface area (Å²) in [7, 11) is 0. The Morgan fingerprint density at radius 2 is 1.71 bits per heavy atom. The smallest absolute Gasteiger partial charge is 0.0108 e. The number of rotatable bonds is 8. The average Bonchev–Trinajstić information content (AvgIpc) is 2.10. The van der Waals surface area contributed by atoms with E-state index in [-0.39, 0.29) is 0 Å². The maximum absolute atomic E-state index is 5.53. The molecule has 0 atom stereocenters. The first-order valence-corrected chi connectivity index (χ1v) is 5.72. The second kappa shape index (κ2) is 7.17. The normalized spacial score (nSPS) is 17.4. The van der Waals surface area contributed by atoms with Crippen molar-refractivity contribution in [1.82, 2.24) is 10.2 Å². The van der Waals surface area contributed by atoms with E-state index in [1.807, 2.05) is 0 Å². The van der Waals surface area contributed by atoms with E-state index in [0.29, 0.717) is 0 Å². The lowest BCUT2D eigenvalue weighted by molar-refractivity contribution is 0.265. The minimum Gasteiger partial charge on any atom is -0.329 e. The molecule has 0 saturated heterocycles. The van der Waals surface area contributed by atoms with Gasteiger partial charge in [-0.1, -0.05) is 6.42 Å². The van der Waals surface area contributed by atoms with Crippen molar-refractivity contribution in [2.24, 2.45) is 11.5 Å². The molecule has 0 aliphatic heterocycles. The number of hydrogen-bond donors (Lipinski definition) is 3. The molecule has 0 aromatic carbocycles. The predicted octanol–water partition coefficient (Wildman–Crippen LogP) is -0.652. The van der Waals surface area contributed by atoms with E-state index in [0.717, 1.165) is 45.3 Å². The quantitative estimate of drug-likeness (QED) is 0.487. The fourth-order valence-electron chi connectivity index (χ4n) is 1.74. The lowest BCUT2D eigenvalue weighted by Gasteiger charge is -2.28. The van der Waals surface area contributed by atoms with Gasteiger partial charge in [-0.05, 0) is 12.8 Å². The molecule has 1 saturated carbocycles. The van der Waals surface area contributed by atoms with Crippen molar-refractivity contribution in [3.05, 3.63) is 0 Å². The van der Waals surface area contributed by atoms with Crippen LogP contribution in [0.2, 0.25) is 0 Å². The van der Waals surface area contributed by atoms with Crippen LogP contribution in [0, 0.1) is 0 Å². The van der Waals surface area contributed by atoms with Gasteiger partial charge in [0.25, 0.3) is 0 Å². The first-order chi connectivity index (χ1) is 6.86. The lowest BCUT2D eigenvalue weighted by atomic mass is 9.93. The van der Waals surface area contributed by atoms with Crippen LogP contribution in [0.15, 0.2) is 0 Å². The van der Waals surface area contributed by atoms with Gasteiger partial charge >= 0.3 is 0 Å². The molecule has 0 aromatic heterocycles. The lowest BCUT2D eigenvalue weighted by Crippen LogP contribution is -2.42. The fraction of sp³-hybridized carbons (Fsp3) is 1.00. The molecule has 0 unspecified atom stereocenters.